The lowest BCUT2D eigenvalue weighted by molar-refractivity contribution is -0.120. The molecular weight excluding hydrogens is 408 g/mol. The van der Waals surface area contributed by atoms with E-state index < -0.39 is 0 Å². The van der Waals surface area contributed by atoms with Gasteiger partial charge in [-0.25, -0.2) is 4.68 Å². The number of nitrogens with one attached hydrogen (secondary N) is 2. The zero-order chi connectivity index (χ0) is 19.2. The third kappa shape index (κ3) is 5.27. The van der Waals surface area contributed by atoms with Gasteiger partial charge in [-0.3, -0.25) is 9.59 Å². The fourth-order valence-corrected chi connectivity index (χ4v) is 2.97. The molecule has 0 saturated heterocycles. The lowest BCUT2D eigenvalue weighted by Gasteiger charge is -2.18. The molecule has 0 spiro atoms. The van der Waals surface area contributed by atoms with Crippen molar-refractivity contribution >= 4 is 33.4 Å². The maximum atomic E-state index is 12.5. The molecule has 0 bridgehead atoms. The predicted octanol–water partition coefficient (Wildman–Crippen LogP) is 3.84. The number of anilines is 1. The number of nitrogens with zero attached hydrogens (tertiary/aromatic N) is 2. The first kappa shape index (κ1) is 18.8. The fraction of sp³-hybridized carbons (Fsp3) is 0.150. The second-order valence-corrected chi connectivity index (χ2v) is 6.97. The molecule has 138 valence electrons. The molecule has 0 aliphatic rings. The number of carbonyl (C=O) groups is 2. The highest BCUT2D eigenvalue weighted by atomic mass is 79.9. The van der Waals surface area contributed by atoms with Crippen molar-refractivity contribution in [1.29, 1.82) is 0 Å². The summed E-state index contributed by atoms with van der Waals surface area (Å²) in [6.45, 7) is 1.44. The van der Waals surface area contributed by atoms with Crippen LogP contribution in [0.15, 0.2) is 71.5 Å². The molecule has 1 atom stereocenters. The quantitative estimate of drug-likeness (QED) is 0.628. The van der Waals surface area contributed by atoms with Crippen molar-refractivity contribution in [3.63, 3.8) is 0 Å². The van der Waals surface area contributed by atoms with Crippen molar-refractivity contribution in [3.05, 3.63) is 77.0 Å². The Labute approximate surface area is 165 Å². The summed E-state index contributed by atoms with van der Waals surface area (Å²) in [5, 5.41) is 9.87. The minimum absolute atomic E-state index is 0.141. The molecule has 0 aliphatic heterocycles. The summed E-state index contributed by atoms with van der Waals surface area (Å²) in [7, 11) is 0. The molecule has 0 aliphatic carbocycles. The Balaban J connectivity index is 1.66. The van der Waals surface area contributed by atoms with E-state index in [9.17, 15) is 9.59 Å². The van der Waals surface area contributed by atoms with Crippen LogP contribution in [0.1, 0.15) is 24.9 Å². The second kappa shape index (κ2) is 8.64. The number of halogens is 1. The summed E-state index contributed by atoms with van der Waals surface area (Å²) in [5.41, 5.74) is 2.47. The molecule has 27 heavy (non-hydrogen) atoms. The standard InChI is InChI=1S/C20H19BrN4O2/c1-14(26)23-19(15-3-5-16(21)6-4-15)13-20(27)24-17-7-9-18(10-8-17)25-12-2-11-22-25/h2-12,19H,13H2,1H3,(H,23,26)(H,24,27). The number of hydrogen-bond donors (Lipinski definition) is 2. The number of hydrogen-bond acceptors (Lipinski definition) is 3. The SMILES string of the molecule is CC(=O)NC(CC(=O)Nc1ccc(-n2cccn2)cc1)c1ccc(Br)cc1. The van der Waals surface area contributed by atoms with Gasteiger partial charge in [-0.1, -0.05) is 28.1 Å². The molecule has 0 saturated carbocycles. The normalized spacial score (nSPS) is 11.6. The van der Waals surface area contributed by atoms with Gasteiger partial charge < -0.3 is 10.6 Å². The molecule has 2 aromatic carbocycles. The van der Waals surface area contributed by atoms with E-state index in [1.807, 2.05) is 60.8 Å². The highest BCUT2D eigenvalue weighted by Crippen LogP contribution is 2.21. The molecule has 1 aromatic heterocycles. The zero-order valence-electron chi connectivity index (χ0n) is 14.7. The molecule has 7 heteroatoms. The molecule has 0 radical (unpaired) electrons. The van der Waals surface area contributed by atoms with Gasteiger partial charge in [0.1, 0.15) is 0 Å². The van der Waals surface area contributed by atoms with Crippen molar-refractivity contribution in [1.82, 2.24) is 15.1 Å². The molecule has 1 heterocycles. The molecule has 3 aromatic rings. The molecule has 1 unspecified atom stereocenters. The summed E-state index contributed by atoms with van der Waals surface area (Å²) in [5.74, 6) is -0.359. The van der Waals surface area contributed by atoms with Crippen molar-refractivity contribution in [2.45, 2.75) is 19.4 Å². The molecule has 2 amide bonds. The maximum absolute atomic E-state index is 12.5. The van der Waals surface area contributed by atoms with Crippen LogP contribution in [0.4, 0.5) is 5.69 Å². The Bertz CT molecular complexity index is 906. The van der Waals surface area contributed by atoms with Crippen molar-refractivity contribution < 1.29 is 9.59 Å². The topological polar surface area (TPSA) is 76.0 Å². The Morgan fingerprint density at radius 1 is 1.11 bits per heavy atom. The van der Waals surface area contributed by atoms with Gasteiger partial charge in [-0.05, 0) is 48.0 Å². The van der Waals surface area contributed by atoms with Gasteiger partial charge >= 0.3 is 0 Å². The monoisotopic (exact) mass is 426 g/mol. The summed E-state index contributed by atoms with van der Waals surface area (Å²) in [6.07, 6.45) is 3.70. The lowest BCUT2D eigenvalue weighted by atomic mass is 10.0. The number of amides is 2. The van der Waals surface area contributed by atoms with Gasteiger partial charge in [0, 0.05) is 29.5 Å². The lowest BCUT2D eigenvalue weighted by Crippen LogP contribution is -2.29. The van der Waals surface area contributed by atoms with Crippen molar-refractivity contribution in [2.75, 3.05) is 5.32 Å². The largest absolute Gasteiger partial charge is 0.349 e. The summed E-state index contributed by atoms with van der Waals surface area (Å²) in [4.78, 5) is 24.0. The third-order valence-electron chi connectivity index (χ3n) is 3.96. The third-order valence-corrected chi connectivity index (χ3v) is 4.49. The minimum atomic E-state index is -0.390. The molecule has 0 fully saturated rings. The smallest absolute Gasteiger partial charge is 0.226 e. The van der Waals surface area contributed by atoms with E-state index >= 15 is 0 Å². The summed E-state index contributed by atoms with van der Waals surface area (Å²) < 4.78 is 2.68. The number of benzene rings is 2. The van der Waals surface area contributed by atoms with Gasteiger partial charge in [-0.15, -0.1) is 0 Å². The first-order chi connectivity index (χ1) is 13.0. The molecule has 2 N–H and O–H groups in total. The van der Waals surface area contributed by atoms with Crippen LogP contribution in [0.2, 0.25) is 0 Å². The fourth-order valence-electron chi connectivity index (χ4n) is 2.71. The van der Waals surface area contributed by atoms with Crippen molar-refractivity contribution in [3.8, 4) is 5.69 Å². The molecular formula is C20H19BrN4O2. The minimum Gasteiger partial charge on any atom is -0.349 e. The van der Waals surface area contributed by atoms with Gasteiger partial charge in [-0.2, -0.15) is 5.10 Å². The van der Waals surface area contributed by atoms with Crippen LogP contribution in [-0.4, -0.2) is 21.6 Å². The van der Waals surface area contributed by atoms with Gasteiger partial charge in [0.25, 0.3) is 0 Å². The Kier molecular flexibility index (Phi) is 6.03. The summed E-state index contributed by atoms with van der Waals surface area (Å²) in [6, 6.07) is 16.4. The Morgan fingerprint density at radius 3 is 2.41 bits per heavy atom. The van der Waals surface area contributed by atoms with E-state index in [4.69, 9.17) is 0 Å². The first-order valence-electron chi connectivity index (χ1n) is 8.44. The van der Waals surface area contributed by atoms with Crippen LogP contribution >= 0.6 is 15.9 Å². The number of aromatic nitrogens is 2. The van der Waals surface area contributed by atoms with Crippen molar-refractivity contribution in [2.24, 2.45) is 0 Å². The van der Waals surface area contributed by atoms with E-state index in [0.717, 1.165) is 15.7 Å². The zero-order valence-corrected chi connectivity index (χ0v) is 16.3. The van der Waals surface area contributed by atoms with Crippen LogP contribution in [0.3, 0.4) is 0 Å². The average Bonchev–Trinajstić information content (AvgIpc) is 3.17. The van der Waals surface area contributed by atoms with Crippen LogP contribution in [0.25, 0.3) is 5.69 Å². The van der Waals surface area contributed by atoms with E-state index in [2.05, 4.69) is 31.7 Å². The second-order valence-electron chi connectivity index (χ2n) is 6.05. The molecule has 3 rings (SSSR count). The van der Waals surface area contributed by atoms with Crippen LogP contribution in [-0.2, 0) is 9.59 Å². The molecule has 6 nitrogen and oxygen atoms in total. The van der Waals surface area contributed by atoms with Gasteiger partial charge in [0.05, 0.1) is 18.2 Å². The highest BCUT2D eigenvalue weighted by molar-refractivity contribution is 9.10. The van der Waals surface area contributed by atoms with E-state index in [1.165, 1.54) is 6.92 Å². The Hall–Kier alpha value is -2.93. The number of rotatable bonds is 6. The summed E-state index contributed by atoms with van der Waals surface area (Å²) >= 11 is 3.39. The van der Waals surface area contributed by atoms with E-state index in [-0.39, 0.29) is 24.3 Å². The van der Waals surface area contributed by atoms with Gasteiger partial charge in [0.2, 0.25) is 11.8 Å². The maximum Gasteiger partial charge on any atom is 0.226 e. The number of carbonyl (C=O) groups excluding carboxylic acids is 2. The van der Waals surface area contributed by atoms with E-state index in [0.29, 0.717) is 5.69 Å². The predicted molar refractivity (Wildman–Crippen MR) is 108 cm³/mol. The highest BCUT2D eigenvalue weighted by Gasteiger charge is 2.17. The van der Waals surface area contributed by atoms with Crippen LogP contribution in [0, 0.1) is 0 Å². The van der Waals surface area contributed by atoms with Gasteiger partial charge in [0.15, 0.2) is 0 Å². The first-order valence-corrected chi connectivity index (χ1v) is 9.23. The average molecular weight is 427 g/mol. The van der Waals surface area contributed by atoms with E-state index in [1.54, 1.807) is 10.9 Å². The van der Waals surface area contributed by atoms with Crippen LogP contribution < -0.4 is 10.6 Å². The van der Waals surface area contributed by atoms with Crippen LogP contribution in [0.5, 0.6) is 0 Å². The Morgan fingerprint density at radius 2 is 1.81 bits per heavy atom.